The second-order valence-electron chi connectivity index (χ2n) is 9.70. The lowest BCUT2D eigenvalue weighted by molar-refractivity contribution is -0.132. The Bertz CT molecular complexity index is 1260. The molecule has 2 saturated heterocycles. The first-order valence-corrected chi connectivity index (χ1v) is 13.6. The van der Waals surface area contributed by atoms with Gasteiger partial charge in [0.25, 0.3) is 5.91 Å². The molecule has 5 rings (SSSR count). The number of benzene rings is 2. The number of anilines is 1. The van der Waals surface area contributed by atoms with Crippen LogP contribution < -0.4 is 9.64 Å². The molecule has 9 nitrogen and oxygen atoms in total. The summed E-state index contributed by atoms with van der Waals surface area (Å²) >= 11 is 6.00. The molecule has 2 aromatic carbocycles. The number of hydrogen-bond acceptors (Lipinski definition) is 7. The minimum atomic E-state index is -0.193. The second-order valence-corrected chi connectivity index (χ2v) is 10.1. The SMILES string of the molecule is COc1ccc(-c2ccc(N3CCN(C(=O)CN(C[C@@H]4CCCO4)C(=O)c4ccc(Cl)cc4)CC3)nn2)cc1. The Kier molecular flexibility index (Phi) is 8.58. The lowest BCUT2D eigenvalue weighted by Gasteiger charge is -2.36. The molecule has 2 fully saturated rings. The van der Waals surface area contributed by atoms with E-state index in [-0.39, 0.29) is 24.5 Å². The van der Waals surface area contributed by atoms with E-state index in [9.17, 15) is 9.59 Å². The van der Waals surface area contributed by atoms with Gasteiger partial charge in [-0.3, -0.25) is 9.59 Å². The summed E-state index contributed by atoms with van der Waals surface area (Å²) in [5.41, 5.74) is 2.25. The summed E-state index contributed by atoms with van der Waals surface area (Å²) in [6, 6.07) is 18.4. The summed E-state index contributed by atoms with van der Waals surface area (Å²) in [4.78, 5) is 32.1. The maximum Gasteiger partial charge on any atom is 0.254 e. The van der Waals surface area contributed by atoms with Gasteiger partial charge in [-0.2, -0.15) is 0 Å². The third-order valence-corrected chi connectivity index (χ3v) is 7.40. The molecule has 0 saturated carbocycles. The maximum atomic E-state index is 13.3. The molecule has 39 heavy (non-hydrogen) atoms. The Morgan fingerprint density at radius 2 is 1.74 bits per heavy atom. The van der Waals surface area contributed by atoms with Gasteiger partial charge in [0.15, 0.2) is 5.82 Å². The fourth-order valence-electron chi connectivity index (χ4n) is 4.89. The Balaban J connectivity index is 1.18. The van der Waals surface area contributed by atoms with Crippen LogP contribution in [0, 0.1) is 0 Å². The zero-order valence-corrected chi connectivity index (χ0v) is 22.7. The number of amides is 2. The van der Waals surface area contributed by atoms with Crippen molar-refractivity contribution in [2.75, 3.05) is 57.9 Å². The number of carbonyl (C=O) groups is 2. The van der Waals surface area contributed by atoms with Crippen molar-refractivity contribution in [2.45, 2.75) is 18.9 Å². The second kappa shape index (κ2) is 12.4. The van der Waals surface area contributed by atoms with Crippen LogP contribution >= 0.6 is 11.6 Å². The van der Waals surface area contributed by atoms with Crippen LogP contribution in [-0.4, -0.2) is 90.9 Å². The minimum absolute atomic E-state index is 0.0116. The van der Waals surface area contributed by atoms with Gasteiger partial charge in [0.1, 0.15) is 12.3 Å². The molecule has 0 spiro atoms. The van der Waals surface area contributed by atoms with Crippen LogP contribution in [0.2, 0.25) is 5.02 Å². The Hall–Kier alpha value is -3.69. The van der Waals surface area contributed by atoms with Crippen molar-refractivity contribution in [3.05, 3.63) is 71.2 Å². The summed E-state index contributed by atoms with van der Waals surface area (Å²) in [5, 5.41) is 9.38. The monoisotopic (exact) mass is 549 g/mol. The molecular formula is C29H32ClN5O4. The number of methoxy groups -OCH3 is 1. The minimum Gasteiger partial charge on any atom is -0.497 e. The van der Waals surface area contributed by atoms with Gasteiger partial charge in [0.2, 0.25) is 5.91 Å². The van der Waals surface area contributed by atoms with E-state index < -0.39 is 0 Å². The normalized spacial score (nSPS) is 17.2. The van der Waals surface area contributed by atoms with E-state index in [1.54, 1.807) is 36.3 Å². The van der Waals surface area contributed by atoms with Crippen molar-refractivity contribution in [1.82, 2.24) is 20.0 Å². The van der Waals surface area contributed by atoms with Crippen LogP contribution in [0.25, 0.3) is 11.3 Å². The van der Waals surface area contributed by atoms with Crippen molar-refractivity contribution in [2.24, 2.45) is 0 Å². The highest BCUT2D eigenvalue weighted by Crippen LogP contribution is 2.22. The van der Waals surface area contributed by atoms with E-state index in [0.29, 0.717) is 49.9 Å². The average molecular weight is 550 g/mol. The number of aromatic nitrogens is 2. The van der Waals surface area contributed by atoms with Crippen LogP contribution in [0.5, 0.6) is 5.75 Å². The van der Waals surface area contributed by atoms with E-state index >= 15 is 0 Å². The number of nitrogens with zero attached hydrogens (tertiary/aromatic N) is 5. The Morgan fingerprint density at radius 3 is 2.36 bits per heavy atom. The van der Waals surface area contributed by atoms with Gasteiger partial charge in [-0.25, -0.2) is 0 Å². The standard InChI is InChI=1S/C29H32ClN5O4/c1-38-24-10-6-21(7-11-24)26-12-13-27(32-31-26)33-14-16-34(17-15-33)28(36)20-35(19-25-3-2-18-39-25)29(37)22-4-8-23(30)9-5-22/h4-13,25H,2-3,14-20H2,1H3/t25-/m0/s1. The molecule has 0 aliphatic carbocycles. The molecule has 2 amide bonds. The van der Waals surface area contributed by atoms with Crippen molar-refractivity contribution >= 4 is 29.2 Å². The average Bonchev–Trinajstić information content (AvgIpc) is 3.50. The molecule has 0 radical (unpaired) electrons. The van der Waals surface area contributed by atoms with E-state index in [4.69, 9.17) is 21.1 Å². The molecule has 0 bridgehead atoms. The molecule has 0 unspecified atom stereocenters. The topological polar surface area (TPSA) is 88.1 Å². The molecule has 2 aliphatic rings. The summed E-state index contributed by atoms with van der Waals surface area (Å²) < 4.78 is 11.0. The van der Waals surface area contributed by atoms with Gasteiger partial charge in [-0.05, 0) is 73.5 Å². The predicted molar refractivity (Wildman–Crippen MR) is 149 cm³/mol. The number of hydrogen-bond donors (Lipinski definition) is 0. The quantitative estimate of drug-likeness (QED) is 0.422. The first kappa shape index (κ1) is 26.9. The smallest absolute Gasteiger partial charge is 0.254 e. The summed E-state index contributed by atoms with van der Waals surface area (Å²) in [5.74, 6) is 1.30. The van der Waals surface area contributed by atoms with E-state index in [1.807, 2.05) is 41.3 Å². The lowest BCUT2D eigenvalue weighted by Crippen LogP contribution is -2.52. The summed E-state index contributed by atoms with van der Waals surface area (Å²) in [7, 11) is 1.64. The van der Waals surface area contributed by atoms with Crippen LogP contribution in [0.4, 0.5) is 5.82 Å². The van der Waals surface area contributed by atoms with Crippen LogP contribution in [-0.2, 0) is 9.53 Å². The van der Waals surface area contributed by atoms with Crippen LogP contribution in [0.1, 0.15) is 23.2 Å². The van der Waals surface area contributed by atoms with Crippen molar-refractivity contribution < 1.29 is 19.1 Å². The number of piperazine rings is 1. The molecule has 3 heterocycles. The van der Waals surface area contributed by atoms with Gasteiger partial charge in [0, 0.05) is 55.5 Å². The van der Waals surface area contributed by atoms with Crippen LogP contribution in [0.3, 0.4) is 0 Å². The van der Waals surface area contributed by atoms with Crippen molar-refractivity contribution in [1.29, 1.82) is 0 Å². The number of rotatable bonds is 8. The summed E-state index contributed by atoms with van der Waals surface area (Å²) in [6.07, 6.45) is 1.80. The molecule has 1 aromatic heterocycles. The molecule has 2 aliphatic heterocycles. The highest BCUT2D eigenvalue weighted by molar-refractivity contribution is 6.30. The third kappa shape index (κ3) is 6.66. The molecular weight excluding hydrogens is 518 g/mol. The van der Waals surface area contributed by atoms with Crippen molar-refractivity contribution in [3.8, 4) is 17.0 Å². The highest BCUT2D eigenvalue weighted by Gasteiger charge is 2.28. The molecule has 10 heteroatoms. The molecule has 204 valence electrons. The third-order valence-electron chi connectivity index (χ3n) is 7.15. The first-order valence-electron chi connectivity index (χ1n) is 13.2. The number of ether oxygens (including phenoxy) is 2. The fraction of sp³-hybridized carbons (Fsp3) is 0.379. The predicted octanol–water partition coefficient (Wildman–Crippen LogP) is 3.78. The lowest BCUT2D eigenvalue weighted by atomic mass is 10.1. The Morgan fingerprint density at radius 1 is 1.00 bits per heavy atom. The van der Waals surface area contributed by atoms with Gasteiger partial charge < -0.3 is 24.2 Å². The fourth-order valence-corrected chi connectivity index (χ4v) is 5.01. The molecule has 3 aromatic rings. The number of carbonyl (C=O) groups excluding carboxylic acids is 2. The zero-order chi connectivity index (χ0) is 27.2. The van der Waals surface area contributed by atoms with E-state index in [1.165, 1.54) is 0 Å². The van der Waals surface area contributed by atoms with Gasteiger partial charge >= 0.3 is 0 Å². The largest absolute Gasteiger partial charge is 0.497 e. The first-order chi connectivity index (χ1) is 19.0. The zero-order valence-electron chi connectivity index (χ0n) is 22.0. The van der Waals surface area contributed by atoms with Gasteiger partial charge in [0.05, 0.1) is 18.9 Å². The van der Waals surface area contributed by atoms with Crippen molar-refractivity contribution in [3.63, 3.8) is 0 Å². The van der Waals surface area contributed by atoms with E-state index in [2.05, 4.69) is 15.1 Å². The van der Waals surface area contributed by atoms with Crippen LogP contribution in [0.15, 0.2) is 60.7 Å². The maximum absolute atomic E-state index is 13.3. The molecule has 0 N–H and O–H groups in total. The van der Waals surface area contributed by atoms with E-state index in [0.717, 1.165) is 35.7 Å². The Labute approximate surface area is 233 Å². The van der Waals surface area contributed by atoms with Gasteiger partial charge in [-0.1, -0.05) is 11.6 Å². The van der Waals surface area contributed by atoms with Gasteiger partial charge in [-0.15, -0.1) is 10.2 Å². The highest BCUT2D eigenvalue weighted by atomic mass is 35.5. The number of halogens is 1. The molecule has 1 atom stereocenters. The summed E-state index contributed by atoms with van der Waals surface area (Å²) in [6.45, 7) is 3.46.